The van der Waals surface area contributed by atoms with Crippen LogP contribution in [-0.4, -0.2) is 11.5 Å². The summed E-state index contributed by atoms with van der Waals surface area (Å²) in [5.74, 6) is -0.388. The number of ether oxygens (including phenoxy) is 1. The van der Waals surface area contributed by atoms with Crippen LogP contribution in [0.3, 0.4) is 0 Å². The molecule has 0 fully saturated rings. The zero-order chi connectivity index (χ0) is 15.4. The summed E-state index contributed by atoms with van der Waals surface area (Å²) in [7, 11) is 0. The van der Waals surface area contributed by atoms with E-state index in [4.69, 9.17) is 16.3 Å². The van der Waals surface area contributed by atoms with E-state index >= 15 is 0 Å². The Morgan fingerprint density at radius 2 is 2.14 bits per heavy atom. The van der Waals surface area contributed by atoms with Crippen LogP contribution < -0.4 is 10.1 Å². The maximum atomic E-state index is 13.1. The minimum Gasteiger partial charge on any atom is -0.487 e. The summed E-state index contributed by atoms with van der Waals surface area (Å²) in [6.07, 6.45) is 0. The molecule has 21 heavy (non-hydrogen) atoms. The molecule has 0 heterocycles. The SMILES string of the molecule is CCOc1cccc(Nc2ccc(F)c(Cl)c2)c1[N+](=O)[O-]. The Balaban J connectivity index is 2.41. The molecule has 0 amide bonds. The van der Waals surface area contributed by atoms with Crippen LogP contribution in [0.1, 0.15) is 6.92 Å². The molecule has 1 N–H and O–H groups in total. The summed E-state index contributed by atoms with van der Waals surface area (Å²) in [5, 5.41) is 14.0. The molecular formula is C14H12ClFN2O3. The van der Waals surface area contributed by atoms with Crippen LogP contribution in [0.25, 0.3) is 0 Å². The quantitative estimate of drug-likeness (QED) is 0.651. The van der Waals surface area contributed by atoms with Crippen molar-refractivity contribution >= 4 is 28.7 Å². The van der Waals surface area contributed by atoms with Crippen molar-refractivity contribution in [3.63, 3.8) is 0 Å². The van der Waals surface area contributed by atoms with E-state index in [0.29, 0.717) is 12.3 Å². The van der Waals surface area contributed by atoms with Crippen molar-refractivity contribution in [1.82, 2.24) is 0 Å². The summed E-state index contributed by atoms with van der Waals surface area (Å²) in [4.78, 5) is 10.7. The molecule has 110 valence electrons. The van der Waals surface area contributed by atoms with Gasteiger partial charge >= 0.3 is 5.69 Å². The lowest BCUT2D eigenvalue weighted by Crippen LogP contribution is -2.01. The number of nitrogens with one attached hydrogen (secondary N) is 1. The van der Waals surface area contributed by atoms with Gasteiger partial charge in [-0.25, -0.2) is 4.39 Å². The predicted octanol–water partition coefficient (Wildman–Crippen LogP) is 4.53. The van der Waals surface area contributed by atoms with Gasteiger partial charge in [0.05, 0.1) is 16.6 Å². The Bertz CT molecular complexity index is 679. The Kier molecular flexibility index (Phi) is 4.59. The Labute approximate surface area is 125 Å². The van der Waals surface area contributed by atoms with Gasteiger partial charge in [-0.1, -0.05) is 17.7 Å². The van der Waals surface area contributed by atoms with E-state index in [9.17, 15) is 14.5 Å². The monoisotopic (exact) mass is 310 g/mol. The van der Waals surface area contributed by atoms with Gasteiger partial charge in [-0.15, -0.1) is 0 Å². The van der Waals surface area contributed by atoms with Gasteiger partial charge in [0, 0.05) is 5.69 Å². The van der Waals surface area contributed by atoms with Crippen molar-refractivity contribution in [1.29, 1.82) is 0 Å². The third-order valence-electron chi connectivity index (χ3n) is 2.68. The van der Waals surface area contributed by atoms with Crippen LogP contribution in [-0.2, 0) is 0 Å². The normalized spacial score (nSPS) is 10.2. The molecule has 2 aromatic carbocycles. The molecule has 0 saturated carbocycles. The van der Waals surface area contributed by atoms with Crippen molar-refractivity contribution in [2.24, 2.45) is 0 Å². The second kappa shape index (κ2) is 6.41. The summed E-state index contributed by atoms with van der Waals surface area (Å²) in [6, 6.07) is 8.67. The molecule has 0 unspecified atom stereocenters. The first-order valence-electron chi connectivity index (χ1n) is 6.15. The van der Waals surface area contributed by atoms with Gasteiger partial charge in [0.25, 0.3) is 0 Å². The van der Waals surface area contributed by atoms with Gasteiger partial charge in [0.1, 0.15) is 11.5 Å². The molecular weight excluding hydrogens is 299 g/mol. The van der Waals surface area contributed by atoms with Crippen LogP contribution >= 0.6 is 11.6 Å². The van der Waals surface area contributed by atoms with Gasteiger partial charge in [-0.2, -0.15) is 0 Å². The number of nitrogens with zero attached hydrogens (tertiary/aromatic N) is 1. The van der Waals surface area contributed by atoms with Crippen molar-refractivity contribution < 1.29 is 14.1 Å². The zero-order valence-corrected chi connectivity index (χ0v) is 11.9. The molecule has 0 saturated heterocycles. The molecule has 0 aliphatic rings. The van der Waals surface area contributed by atoms with Gasteiger partial charge in [0.15, 0.2) is 5.75 Å². The number of hydrogen-bond donors (Lipinski definition) is 1. The molecule has 2 rings (SSSR count). The number of hydrogen-bond acceptors (Lipinski definition) is 4. The smallest absolute Gasteiger partial charge is 0.334 e. The van der Waals surface area contributed by atoms with Crippen LogP contribution in [0.2, 0.25) is 5.02 Å². The highest BCUT2D eigenvalue weighted by atomic mass is 35.5. The number of halogens is 2. The fourth-order valence-electron chi connectivity index (χ4n) is 1.81. The van der Waals surface area contributed by atoms with E-state index in [0.717, 1.165) is 0 Å². The topological polar surface area (TPSA) is 64.4 Å². The van der Waals surface area contributed by atoms with E-state index < -0.39 is 10.7 Å². The van der Waals surface area contributed by atoms with E-state index in [1.54, 1.807) is 13.0 Å². The van der Waals surface area contributed by atoms with Crippen molar-refractivity contribution in [2.45, 2.75) is 6.92 Å². The first-order chi connectivity index (χ1) is 10.0. The number of para-hydroxylation sites is 1. The minimum atomic E-state index is -0.556. The molecule has 0 bridgehead atoms. The second-order valence-electron chi connectivity index (χ2n) is 4.10. The molecule has 0 aromatic heterocycles. The standard InChI is InChI=1S/C14H12ClFN2O3/c1-2-21-13-5-3-4-12(14(13)18(19)20)17-9-6-7-11(16)10(15)8-9/h3-8,17H,2H2,1H3. The second-order valence-corrected chi connectivity index (χ2v) is 4.50. The van der Waals surface area contributed by atoms with E-state index in [1.165, 1.54) is 30.3 Å². The van der Waals surface area contributed by atoms with E-state index in [1.807, 2.05) is 0 Å². The first kappa shape index (κ1) is 15.1. The highest BCUT2D eigenvalue weighted by molar-refractivity contribution is 6.31. The summed E-state index contributed by atoms with van der Waals surface area (Å²) < 4.78 is 18.4. The summed E-state index contributed by atoms with van der Waals surface area (Å²) in [6.45, 7) is 2.05. The third kappa shape index (κ3) is 3.41. The van der Waals surface area contributed by atoms with Gasteiger partial charge in [0.2, 0.25) is 0 Å². The average molecular weight is 311 g/mol. The Hall–Kier alpha value is -2.34. The van der Waals surface area contributed by atoms with Crippen LogP contribution in [0.15, 0.2) is 36.4 Å². The lowest BCUT2D eigenvalue weighted by Gasteiger charge is -2.10. The molecule has 2 aromatic rings. The highest BCUT2D eigenvalue weighted by Crippen LogP contribution is 2.36. The maximum Gasteiger partial charge on any atom is 0.334 e. The number of nitro groups is 1. The van der Waals surface area contributed by atoms with Crippen LogP contribution in [0.4, 0.5) is 21.5 Å². The zero-order valence-electron chi connectivity index (χ0n) is 11.1. The fourth-order valence-corrected chi connectivity index (χ4v) is 1.99. The van der Waals surface area contributed by atoms with Crippen molar-refractivity contribution in [3.05, 3.63) is 57.4 Å². The molecule has 7 heteroatoms. The van der Waals surface area contributed by atoms with Gasteiger partial charge < -0.3 is 10.1 Å². The van der Waals surface area contributed by atoms with Crippen LogP contribution in [0, 0.1) is 15.9 Å². The average Bonchev–Trinajstić information content (AvgIpc) is 2.43. The lowest BCUT2D eigenvalue weighted by molar-refractivity contribution is -0.384. The Morgan fingerprint density at radius 3 is 2.76 bits per heavy atom. The molecule has 0 aliphatic heterocycles. The van der Waals surface area contributed by atoms with E-state index in [2.05, 4.69) is 5.32 Å². The molecule has 5 nitrogen and oxygen atoms in total. The predicted molar refractivity (Wildman–Crippen MR) is 79.0 cm³/mol. The number of anilines is 2. The summed E-state index contributed by atoms with van der Waals surface area (Å²) in [5.41, 5.74) is 0.506. The molecule has 0 radical (unpaired) electrons. The summed E-state index contributed by atoms with van der Waals surface area (Å²) >= 11 is 5.69. The minimum absolute atomic E-state index is 0.0661. The fraction of sp³-hybridized carbons (Fsp3) is 0.143. The highest BCUT2D eigenvalue weighted by Gasteiger charge is 2.21. The number of rotatable bonds is 5. The largest absolute Gasteiger partial charge is 0.487 e. The van der Waals surface area contributed by atoms with E-state index in [-0.39, 0.29) is 22.1 Å². The number of nitro benzene ring substituents is 1. The lowest BCUT2D eigenvalue weighted by atomic mass is 10.2. The van der Waals surface area contributed by atoms with Crippen molar-refractivity contribution in [2.75, 3.05) is 11.9 Å². The third-order valence-corrected chi connectivity index (χ3v) is 2.97. The molecule has 0 atom stereocenters. The first-order valence-corrected chi connectivity index (χ1v) is 6.53. The van der Waals surface area contributed by atoms with Crippen molar-refractivity contribution in [3.8, 4) is 5.75 Å². The van der Waals surface area contributed by atoms with Gasteiger partial charge in [-0.05, 0) is 37.3 Å². The molecule has 0 aliphatic carbocycles. The van der Waals surface area contributed by atoms with Crippen LogP contribution in [0.5, 0.6) is 5.75 Å². The Morgan fingerprint density at radius 1 is 1.38 bits per heavy atom. The van der Waals surface area contributed by atoms with Gasteiger partial charge in [-0.3, -0.25) is 10.1 Å². The number of benzene rings is 2. The molecule has 0 spiro atoms. The maximum absolute atomic E-state index is 13.1.